The fraction of sp³-hybridized carbons (Fsp3) is 0.576. The number of sulfonamides is 1. The molecule has 10 heteroatoms. The second-order valence-corrected chi connectivity index (χ2v) is 15.5. The molecule has 3 fully saturated rings. The highest BCUT2D eigenvalue weighted by molar-refractivity contribution is 7.92. The minimum atomic E-state index is -3.41. The Balaban J connectivity index is 1.13. The Morgan fingerprint density at radius 3 is 2.47 bits per heavy atom. The van der Waals surface area contributed by atoms with Crippen molar-refractivity contribution >= 4 is 39.1 Å². The van der Waals surface area contributed by atoms with Crippen LogP contribution in [-0.2, 0) is 31.4 Å². The van der Waals surface area contributed by atoms with Gasteiger partial charge in [0.2, 0.25) is 21.8 Å². The van der Waals surface area contributed by atoms with Crippen LogP contribution in [0.2, 0.25) is 5.02 Å². The molecule has 232 valence electrons. The van der Waals surface area contributed by atoms with Crippen molar-refractivity contribution in [3.63, 3.8) is 0 Å². The molecule has 2 amide bonds. The number of para-hydroxylation sites is 1. The predicted octanol–water partition coefficient (Wildman–Crippen LogP) is 4.12. The number of carbonyl (C=O) groups excluding carboxylic acids is 2. The number of likely N-dealkylation sites (tertiary alicyclic amines) is 1. The quantitative estimate of drug-likeness (QED) is 0.482. The Bertz CT molecular complexity index is 1440. The number of benzene rings is 2. The molecule has 1 aliphatic carbocycles. The van der Waals surface area contributed by atoms with Gasteiger partial charge >= 0.3 is 0 Å². The maximum absolute atomic E-state index is 14.0. The maximum Gasteiger partial charge on any atom is 0.237 e. The van der Waals surface area contributed by atoms with Gasteiger partial charge in [-0.15, -0.1) is 0 Å². The van der Waals surface area contributed by atoms with Crippen LogP contribution in [0.15, 0.2) is 48.5 Å². The normalized spacial score (nSPS) is 25.6. The lowest BCUT2D eigenvalue weighted by atomic mass is 9.73. The third kappa shape index (κ3) is 6.45. The van der Waals surface area contributed by atoms with E-state index in [0.29, 0.717) is 55.8 Å². The molecule has 3 unspecified atom stereocenters. The van der Waals surface area contributed by atoms with Crippen LogP contribution >= 0.6 is 11.6 Å². The Morgan fingerprint density at radius 2 is 1.74 bits per heavy atom. The molecule has 1 spiro atoms. The Labute approximate surface area is 260 Å². The van der Waals surface area contributed by atoms with Crippen LogP contribution in [0.5, 0.6) is 0 Å². The number of piperidine rings is 2. The third-order valence-electron chi connectivity index (χ3n) is 10.4. The SMILES string of the molecule is CS(=O)(=O)N1CC2(CCN(C(=O)[C@H](CNC(=O)C3CC4CCCCC4CN3)Cc3ccc(Cl)cc3)CC2)c2ccccc21. The number of carbonyl (C=O) groups is 2. The molecule has 2 N–H and O–H groups in total. The fourth-order valence-electron chi connectivity index (χ4n) is 7.96. The van der Waals surface area contributed by atoms with Crippen LogP contribution in [0.3, 0.4) is 0 Å². The standard InChI is InChI=1S/C33H43ClN4O4S/c1-43(41,42)38-22-33(28-8-4-5-9-30(28)38)14-16-37(17-15-33)32(40)26(18-23-10-12-27(34)13-11-23)21-36-31(39)29-19-24-6-2-3-7-25(24)20-35-29/h4-5,8-13,24-26,29,35H,2-3,6-7,14-22H2,1H3,(H,36,39)/t24?,25?,26-,29?/m0/s1. The van der Waals surface area contributed by atoms with Crippen molar-refractivity contribution in [2.24, 2.45) is 17.8 Å². The van der Waals surface area contributed by atoms with Gasteiger partial charge in [-0.3, -0.25) is 13.9 Å². The summed E-state index contributed by atoms with van der Waals surface area (Å²) in [6.45, 7) is 2.67. The molecule has 3 aliphatic heterocycles. The minimum absolute atomic E-state index is 0.0149. The lowest BCUT2D eigenvalue weighted by molar-refractivity contribution is -0.137. The first-order valence-corrected chi connectivity index (χ1v) is 18.0. The van der Waals surface area contributed by atoms with Gasteiger partial charge in [0.25, 0.3) is 0 Å². The van der Waals surface area contributed by atoms with Crippen LogP contribution < -0.4 is 14.9 Å². The van der Waals surface area contributed by atoms with Gasteiger partial charge in [-0.1, -0.05) is 61.2 Å². The van der Waals surface area contributed by atoms with Crippen LogP contribution in [0.1, 0.15) is 56.1 Å². The molecular formula is C33H43ClN4O4S. The van der Waals surface area contributed by atoms with E-state index in [4.69, 9.17) is 11.6 Å². The molecule has 43 heavy (non-hydrogen) atoms. The third-order valence-corrected chi connectivity index (χ3v) is 11.8. The van der Waals surface area contributed by atoms with E-state index < -0.39 is 15.9 Å². The summed E-state index contributed by atoms with van der Waals surface area (Å²) in [4.78, 5) is 29.3. The van der Waals surface area contributed by atoms with Crippen molar-refractivity contribution in [3.8, 4) is 0 Å². The molecule has 0 aromatic heterocycles. The summed E-state index contributed by atoms with van der Waals surface area (Å²) in [7, 11) is -3.41. The summed E-state index contributed by atoms with van der Waals surface area (Å²) in [5, 5.41) is 7.25. The fourth-order valence-corrected chi connectivity index (χ4v) is 9.09. The lowest BCUT2D eigenvalue weighted by Gasteiger charge is -2.41. The van der Waals surface area contributed by atoms with E-state index >= 15 is 0 Å². The van der Waals surface area contributed by atoms with Crippen molar-refractivity contribution in [2.75, 3.05) is 43.3 Å². The highest BCUT2D eigenvalue weighted by Gasteiger charge is 2.48. The summed E-state index contributed by atoms with van der Waals surface area (Å²) in [6, 6.07) is 15.1. The first kappa shape index (κ1) is 30.4. The number of amides is 2. The van der Waals surface area contributed by atoms with Gasteiger partial charge in [-0.2, -0.15) is 0 Å². The monoisotopic (exact) mass is 626 g/mol. The summed E-state index contributed by atoms with van der Waals surface area (Å²) < 4.78 is 26.7. The van der Waals surface area contributed by atoms with Crippen LogP contribution in [0.25, 0.3) is 0 Å². The number of rotatable bonds is 7. The second-order valence-electron chi connectivity index (χ2n) is 13.2. The Morgan fingerprint density at radius 1 is 1.05 bits per heavy atom. The molecular weight excluding hydrogens is 584 g/mol. The van der Waals surface area contributed by atoms with Gasteiger partial charge in [0.1, 0.15) is 0 Å². The molecule has 2 saturated heterocycles. The molecule has 2 aromatic carbocycles. The summed E-state index contributed by atoms with van der Waals surface area (Å²) in [5.74, 6) is 0.890. The summed E-state index contributed by atoms with van der Waals surface area (Å²) in [6.07, 6.45) is 9.00. The first-order valence-electron chi connectivity index (χ1n) is 15.7. The van der Waals surface area contributed by atoms with Gasteiger partial charge in [0, 0.05) is 36.6 Å². The van der Waals surface area contributed by atoms with Crippen LogP contribution in [-0.4, -0.2) is 70.2 Å². The van der Waals surface area contributed by atoms with E-state index in [1.54, 1.807) is 0 Å². The number of nitrogens with one attached hydrogen (secondary N) is 2. The Kier molecular flexibility index (Phi) is 8.77. The van der Waals surface area contributed by atoms with E-state index in [2.05, 4.69) is 10.6 Å². The molecule has 0 bridgehead atoms. The minimum Gasteiger partial charge on any atom is -0.354 e. The Hall–Kier alpha value is -2.62. The average molecular weight is 627 g/mol. The predicted molar refractivity (Wildman–Crippen MR) is 170 cm³/mol. The van der Waals surface area contributed by atoms with Gasteiger partial charge in [-0.05, 0) is 79.8 Å². The zero-order valence-electron chi connectivity index (χ0n) is 24.9. The lowest BCUT2D eigenvalue weighted by Crippen LogP contribution is -2.54. The largest absolute Gasteiger partial charge is 0.354 e. The average Bonchev–Trinajstić information content (AvgIpc) is 3.34. The summed E-state index contributed by atoms with van der Waals surface area (Å²) in [5.41, 5.74) is 2.50. The topological polar surface area (TPSA) is 98.8 Å². The molecule has 8 nitrogen and oxygen atoms in total. The van der Waals surface area contributed by atoms with Crippen molar-refractivity contribution in [1.82, 2.24) is 15.5 Å². The van der Waals surface area contributed by atoms with E-state index in [1.807, 2.05) is 53.4 Å². The highest BCUT2D eigenvalue weighted by Crippen LogP contribution is 2.48. The number of anilines is 1. The molecule has 4 atom stereocenters. The molecule has 4 aliphatic rings. The van der Waals surface area contributed by atoms with E-state index in [-0.39, 0.29) is 29.8 Å². The highest BCUT2D eigenvalue weighted by atomic mass is 35.5. The van der Waals surface area contributed by atoms with Crippen LogP contribution in [0.4, 0.5) is 5.69 Å². The molecule has 0 radical (unpaired) electrons. The zero-order chi connectivity index (χ0) is 30.2. The van der Waals surface area contributed by atoms with Crippen molar-refractivity contribution in [1.29, 1.82) is 0 Å². The molecule has 2 aromatic rings. The summed E-state index contributed by atoms with van der Waals surface area (Å²) >= 11 is 6.12. The number of halogens is 1. The van der Waals surface area contributed by atoms with E-state index in [1.165, 1.54) is 36.2 Å². The van der Waals surface area contributed by atoms with Gasteiger partial charge in [0.05, 0.1) is 23.9 Å². The van der Waals surface area contributed by atoms with Gasteiger partial charge in [0.15, 0.2) is 0 Å². The van der Waals surface area contributed by atoms with Gasteiger partial charge < -0.3 is 15.5 Å². The molecule has 6 rings (SSSR count). The van der Waals surface area contributed by atoms with Crippen molar-refractivity contribution in [2.45, 2.75) is 62.8 Å². The van der Waals surface area contributed by atoms with E-state index in [0.717, 1.165) is 29.8 Å². The van der Waals surface area contributed by atoms with Crippen molar-refractivity contribution in [3.05, 3.63) is 64.7 Å². The maximum atomic E-state index is 14.0. The first-order chi connectivity index (χ1) is 20.6. The molecule has 3 heterocycles. The number of hydrogen-bond donors (Lipinski definition) is 2. The van der Waals surface area contributed by atoms with Crippen molar-refractivity contribution < 1.29 is 18.0 Å². The van der Waals surface area contributed by atoms with Crippen LogP contribution in [0, 0.1) is 17.8 Å². The smallest absolute Gasteiger partial charge is 0.237 e. The van der Waals surface area contributed by atoms with E-state index in [9.17, 15) is 18.0 Å². The second kappa shape index (κ2) is 12.4. The number of fused-ring (bicyclic) bond motifs is 3. The number of nitrogens with zero attached hydrogens (tertiary/aromatic N) is 2. The zero-order valence-corrected chi connectivity index (χ0v) is 26.5. The number of hydrogen-bond acceptors (Lipinski definition) is 5. The molecule has 1 saturated carbocycles. The van der Waals surface area contributed by atoms with Gasteiger partial charge in [-0.25, -0.2) is 8.42 Å².